The third-order valence-corrected chi connectivity index (χ3v) is 11.5. The Labute approximate surface area is 401 Å². The van der Waals surface area contributed by atoms with Gasteiger partial charge in [-0.1, -0.05) is 221 Å². The molecule has 0 rings (SSSR count). The van der Waals surface area contributed by atoms with Gasteiger partial charge in [0.2, 0.25) is 0 Å². The summed E-state index contributed by atoms with van der Waals surface area (Å²) in [5.74, 6) is -0.945. The molecule has 0 aromatic carbocycles. The number of carbonyl (C=O) groups is 3. The molecule has 0 heterocycles. The van der Waals surface area contributed by atoms with Gasteiger partial charge in [0.25, 0.3) is 0 Å². The van der Waals surface area contributed by atoms with Gasteiger partial charge in [0.1, 0.15) is 13.2 Å². The molecule has 0 spiro atoms. The smallest absolute Gasteiger partial charge is 0.306 e. The van der Waals surface area contributed by atoms with Crippen molar-refractivity contribution in [2.45, 2.75) is 258 Å². The van der Waals surface area contributed by atoms with Crippen LogP contribution in [0.2, 0.25) is 0 Å². The number of ether oxygens (including phenoxy) is 3. The zero-order valence-electron chi connectivity index (χ0n) is 42.5. The van der Waals surface area contributed by atoms with Gasteiger partial charge in [-0.3, -0.25) is 14.4 Å². The van der Waals surface area contributed by atoms with Gasteiger partial charge in [0.15, 0.2) is 6.10 Å². The Morgan fingerprint density at radius 3 is 0.969 bits per heavy atom. The van der Waals surface area contributed by atoms with Crippen LogP contribution in [0.1, 0.15) is 252 Å². The van der Waals surface area contributed by atoms with Gasteiger partial charge in [-0.05, 0) is 96.3 Å². The summed E-state index contributed by atoms with van der Waals surface area (Å²) < 4.78 is 16.8. The number of unbranched alkanes of at least 4 members (excludes halogenated alkanes) is 27. The van der Waals surface area contributed by atoms with E-state index in [-0.39, 0.29) is 31.1 Å². The fourth-order valence-corrected chi connectivity index (χ4v) is 7.32. The quantitative estimate of drug-likeness (QED) is 0.0199. The normalized spacial score (nSPS) is 12.7. The summed E-state index contributed by atoms with van der Waals surface area (Å²) in [5.41, 5.74) is 0. The monoisotopic (exact) mass is 905 g/mol. The Balaban J connectivity index is 4.48. The van der Waals surface area contributed by atoms with Crippen LogP contribution in [0.15, 0.2) is 85.1 Å². The van der Waals surface area contributed by atoms with Crippen LogP contribution in [0.5, 0.6) is 0 Å². The van der Waals surface area contributed by atoms with E-state index in [9.17, 15) is 14.4 Å². The minimum atomic E-state index is -0.799. The van der Waals surface area contributed by atoms with E-state index in [2.05, 4.69) is 106 Å². The van der Waals surface area contributed by atoms with Crippen molar-refractivity contribution in [3.05, 3.63) is 85.1 Å². The van der Waals surface area contributed by atoms with E-state index in [1.165, 1.54) is 103 Å². The second-order valence-corrected chi connectivity index (χ2v) is 17.9. The summed E-state index contributed by atoms with van der Waals surface area (Å²) in [6.45, 7) is 6.52. The first-order valence-corrected chi connectivity index (χ1v) is 27.2. The molecule has 372 valence electrons. The molecular weight excluding hydrogens is 805 g/mol. The molecule has 65 heavy (non-hydrogen) atoms. The topological polar surface area (TPSA) is 78.9 Å². The van der Waals surface area contributed by atoms with E-state index in [4.69, 9.17) is 14.2 Å². The Morgan fingerprint density at radius 1 is 0.308 bits per heavy atom. The van der Waals surface area contributed by atoms with Crippen LogP contribution in [0.3, 0.4) is 0 Å². The fourth-order valence-electron chi connectivity index (χ4n) is 7.32. The highest BCUT2D eigenvalue weighted by Crippen LogP contribution is 2.14. The van der Waals surface area contributed by atoms with Gasteiger partial charge < -0.3 is 14.2 Å². The van der Waals surface area contributed by atoms with Crippen LogP contribution in [-0.2, 0) is 28.6 Å². The Kier molecular flexibility index (Phi) is 50.4. The Hall–Kier alpha value is -3.41. The van der Waals surface area contributed by atoms with E-state index in [0.717, 1.165) is 109 Å². The summed E-state index contributed by atoms with van der Waals surface area (Å²) in [7, 11) is 0. The van der Waals surface area contributed by atoms with Crippen molar-refractivity contribution >= 4 is 17.9 Å². The lowest BCUT2D eigenvalue weighted by molar-refractivity contribution is -0.167. The molecule has 0 saturated heterocycles. The highest BCUT2D eigenvalue weighted by molar-refractivity contribution is 5.71. The van der Waals surface area contributed by atoms with Crippen LogP contribution in [0.25, 0.3) is 0 Å². The summed E-state index contributed by atoms with van der Waals surface area (Å²) in [4.78, 5) is 38.0. The van der Waals surface area contributed by atoms with Crippen LogP contribution >= 0.6 is 0 Å². The van der Waals surface area contributed by atoms with Crippen LogP contribution in [0, 0.1) is 0 Å². The lowest BCUT2D eigenvalue weighted by Crippen LogP contribution is -2.30. The van der Waals surface area contributed by atoms with Crippen molar-refractivity contribution in [1.82, 2.24) is 0 Å². The summed E-state index contributed by atoms with van der Waals surface area (Å²) in [6.07, 6.45) is 68.4. The molecule has 0 radical (unpaired) electrons. The Bertz CT molecular complexity index is 1270. The van der Waals surface area contributed by atoms with Crippen molar-refractivity contribution in [3.8, 4) is 0 Å². The standard InChI is InChI=1S/C59H100O6/c1-4-7-10-13-16-19-22-25-28-29-30-32-34-37-40-43-46-49-52-58(61)64-55-56(54-63-57(60)51-48-45-42-39-36-33-27-24-21-18-15-12-9-6-3)65-59(62)53-50-47-44-41-38-35-31-26-23-20-17-14-11-8-5-2/h16-17,19-20,22-23,25-26,28-30,32-33,36,56H,4-15,18,21,24,27,31,34-35,37-55H2,1-3H3/b19-16-,20-17-,25-22-,26-23-,29-28-,32-30-,36-33-. The van der Waals surface area contributed by atoms with Crippen molar-refractivity contribution in [2.24, 2.45) is 0 Å². The predicted octanol–water partition coefficient (Wildman–Crippen LogP) is 18.0. The lowest BCUT2D eigenvalue weighted by atomic mass is 10.1. The minimum Gasteiger partial charge on any atom is -0.462 e. The summed E-state index contributed by atoms with van der Waals surface area (Å²) in [6, 6.07) is 0. The van der Waals surface area contributed by atoms with Gasteiger partial charge in [-0.25, -0.2) is 0 Å². The van der Waals surface area contributed by atoms with Crippen LogP contribution in [-0.4, -0.2) is 37.2 Å². The maximum Gasteiger partial charge on any atom is 0.306 e. The van der Waals surface area contributed by atoms with Crippen LogP contribution in [0.4, 0.5) is 0 Å². The first-order valence-electron chi connectivity index (χ1n) is 27.2. The van der Waals surface area contributed by atoms with E-state index in [1.54, 1.807) is 0 Å². The van der Waals surface area contributed by atoms with Crippen LogP contribution < -0.4 is 0 Å². The molecule has 0 aliphatic rings. The van der Waals surface area contributed by atoms with Crippen molar-refractivity contribution in [3.63, 3.8) is 0 Å². The number of allylic oxidation sites excluding steroid dienone is 14. The minimum absolute atomic E-state index is 0.0975. The molecule has 0 aromatic rings. The molecule has 0 saturated carbocycles. The zero-order chi connectivity index (χ0) is 47.2. The number of esters is 3. The lowest BCUT2D eigenvalue weighted by Gasteiger charge is -2.18. The molecular formula is C59H100O6. The Morgan fingerprint density at radius 2 is 0.569 bits per heavy atom. The second-order valence-electron chi connectivity index (χ2n) is 17.9. The third kappa shape index (κ3) is 51.4. The molecule has 0 amide bonds. The average molecular weight is 905 g/mol. The molecule has 0 aromatic heterocycles. The number of rotatable bonds is 48. The molecule has 6 nitrogen and oxygen atoms in total. The van der Waals surface area contributed by atoms with Gasteiger partial charge >= 0.3 is 17.9 Å². The molecule has 0 N–H and O–H groups in total. The molecule has 0 bridgehead atoms. The van der Waals surface area contributed by atoms with E-state index >= 15 is 0 Å². The largest absolute Gasteiger partial charge is 0.462 e. The third-order valence-electron chi connectivity index (χ3n) is 11.5. The maximum absolute atomic E-state index is 12.8. The number of carbonyl (C=O) groups excluding carboxylic acids is 3. The molecule has 1 unspecified atom stereocenters. The van der Waals surface area contributed by atoms with Crippen molar-refractivity contribution in [2.75, 3.05) is 13.2 Å². The highest BCUT2D eigenvalue weighted by atomic mass is 16.6. The highest BCUT2D eigenvalue weighted by Gasteiger charge is 2.19. The first kappa shape index (κ1) is 61.6. The summed E-state index contributed by atoms with van der Waals surface area (Å²) in [5, 5.41) is 0. The molecule has 6 heteroatoms. The SMILES string of the molecule is CCCCC\C=C/C=C\C=C/C=C\CCCCCCCC(=O)OCC(COC(=O)CCCCC/C=C\CCCCCCCCC)OC(=O)CCCCCCCC/C=C\C=C/CCCCC. The number of hydrogen-bond acceptors (Lipinski definition) is 6. The average Bonchev–Trinajstić information content (AvgIpc) is 3.30. The van der Waals surface area contributed by atoms with Gasteiger partial charge in [-0.2, -0.15) is 0 Å². The molecule has 0 aliphatic carbocycles. The van der Waals surface area contributed by atoms with Gasteiger partial charge in [0.05, 0.1) is 0 Å². The zero-order valence-corrected chi connectivity index (χ0v) is 42.5. The van der Waals surface area contributed by atoms with Crippen molar-refractivity contribution < 1.29 is 28.6 Å². The predicted molar refractivity (Wildman–Crippen MR) is 279 cm³/mol. The van der Waals surface area contributed by atoms with Gasteiger partial charge in [-0.15, -0.1) is 0 Å². The van der Waals surface area contributed by atoms with Crippen molar-refractivity contribution in [1.29, 1.82) is 0 Å². The van der Waals surface area contributed by atoms with E-state index in [0.29, 0.717) is 19.3 Å². The van der Waals surface area contributed by atoms with Gasteiger partial charge in [0, 0.05) is 19.3 Å². The second kappa shape index (κ2) is 53.2. The molecule has 0 fully saturated rings. The fraction of sp³-hybridized carbons (Fsp3) is 0.712. The van der Waals surface area contributed by atoms with E-state index < -0.39 is 6.10 Å². The maximum atomic E-state index is 12.8. The first-order chi connectivity index (χ1) is 32.0. The molecule has 1 atom stereocenters. The summed E-state index contributed by atoms with van der Waals surface area (Å²) >= 11 is 0. The van der Waals surface area contributed by atoms with E-state index in [1.807, 2.05) is 0 Å². The molecule has 0 aliphatic heterocycles. The number of hydrogen-bond donors (Lipinski definition) is 0.